The molecule has 1 atom stereocenters. The number of halogens is 2. The number of rotatable bonds is 4. The summed E-state index contributed by atoms with van der Waals surface area (Å²) in [7, 11) is 0. The van der Waals surface area contributed by atoms with Crippen molar-refractivity contribution in [2.24, 2.45) is 0 Å². The highest BCUT2D eigenvalue weighted by molar-refractivity contribution is 6.33. The van der Waals surface area contributed by atoms with Gasteiger partial charge in [-0.25, -0.2) is 0 Å². The first kappa shape index (κ1) is 14.5. The minimum absolute atomic E-state index is 0.0902. The molecule has 1 N–H and O–H groups in total. The standard InChI is InChI=1S/C17H15Cl2NO/c1-11(17-9-12-4-2-3-5-16(12)21-17)20-10-13-8-14(18)6-7-15(13)19/h2-9,11,20H,10H2,1H3. The number of para-hydroxylation sites is 1. The average molecular weight is 320 g/mol. The highest BCUT2D eigenvalue weighted by Crippen LogP contribution is 2.25. The zero-order chi connectivity index (χ0) is 14.8. The smallest absolute Gasteiger partial charge is 0.134 e. The van der Waals surface area contributed by atoms with E-state index in [0.29, 0.717) is 16.6 Å². The summed E-state index contributed by atoms with van der Waals surface area (Å²) >= 11 is 12.2. The van der Waals surface area contributed by atoms with E-state index in [0.717, 1.165) is 22.3 Å². The van der Waals surface area contributed by atoms with E-state index < -0.39 is 0 Å². The lowest BCUT2D eigenvalue weighted by Crippen LogP contribution is -2.17. The molecule has 2 aromatic carbocycles. The Balaban J connectivity index is 1.74. The van der Waals surface area contributed by atoms with Crippen LogP contribution >= 0.6 is 23.2 Å². The van der Waals surface area contributed by atoms with Crippen LogP contribution in [0.2, 0.25) is 10.0 Å². The molecular formula is C17H15Cl2NO. The Morgan fingerprint density at radius 1 is 1.10 bits per heavy atom. The van der Waals surface area contributed by atoms with Crippen molar-refractivity contribution in [1.82, 2.24) is 5.32 Å². The fraction of sp³-hybridized carbons (Fsp3) is 0.176. The molecule has 4 heteroatoms. The number of nitrogens with one attached hydrogen (secondary N) is 1. The van der Waals surface area contributed by atoms with Gasteiger partial charge >= 0.3 is 0 Å². The first-order valence-electron chi connectivity index (χ1n) is 6.79. The predicted molar refractivity (Wildman–Crippen MR) is 87.9 cm³/mol. The Morgan fingerprint density at radius 2 is 1.90 bits per heavy atom. The van der Waals surface area contributed by atoms with Crippen molar-refractivity contribution in [2.45, 2.75) is 19.5 Å². The highest BCUT2D eigenvalue weighted by atomic mass is 35.5. The van der Waals surface area contributed by atoms with Crippen LogP contribution in [0, 0.1) is 0 Å². The Labute approximate surface area is 133 Å². The number of fused-ring (bicyclic) bond motifs is 1. The van der Waals surface area contributed by atoms with E-state index in [4.69, 9.17) is 27.6 Å². The number of hydrogen-bond acceptors (Lipinski definition) is 2. The third kappa shape index (κ3) is 3.24. The summed E-state index contributed by atoms with van der Waals surface area (Å²) in [6.45, 7) is 2.70. The maximum Gasteiger partial charge on any atom is 0.134 e. The largest absolute Gasteiger partial charge is 0.459 e. The van der Waals surface area contributed by atoms with Gasteiger partial charge < -0.3 is 9.73 Å². The topological polar surface area (TPSA) is 25.2 Å². The van der Waals surface area contributed by atoms with Crippen LogP contribution < -0.4 is 5.32 Å². The van der Waals surface area contributed by atoms with Gasteiger partial charge in [0.2, 0.25) is 0 Å². The zero-order valence-electron chi connectivity index (χ0n) is 11.6. The molecule has 0 saturated heterocycles. The van der Waals surface area contributed by atoms with Gasteiger partial charge in [0.1, 0.15) is 11.3 Å². The molecule has 0 aliphatic rings. The molecular weight excluding hydrogens is 305 g/mol. The Morgan fingerprint density at radius 3 is 2.71 bits per heavy atom. The lowest BCUT2D eigenvalue weighted by Gasteiger charge is -2.12. The molecule has 108 valence electrons. The van der Waals surface area contributed by atoms with Gasteiger partial charge in [0.05, 0.1) is 6.04 Å². The molecule has 21 heavy (non-hydrogen) atoms. The highest BCUT2D eigenvalue weighted by Gasteiger charge is 2.11. The van der Waals surface area contributed by atoms with E-state index in [-0.39, 0.29) is 6.04 Å². The van der Waals surface area contributed by atoms with E-state index in [9.17, 15) is 0 Å². The third-order valence-corrected chi connectivity index (χ3v) is 4.08. The van der Waals surface area contributed by atoms with Crippen LogP contribution in [0.3, 0.4) is 0 Å². The molecule has 0 fully saturated rings. The molecule has 1 heterocycles. The van der Waals surface area contributed by atoms with Crippen molar-refractivity contribution in [3.63, 3.8) is 0 Å². The summed E-state index contributed by atoms with van der Waals surface area (Å²) in [5.74, 6) is 0.911. The molecule has 3 aromatic rings. The molecule has 0 spiro atoms. The minimum Gasteiger partial charge on any atom is -0.459 e. The third-order valence-electron chi connectivity index (χ3n) is 3.48. The van der Waals surface area contributed by atoms with Crippen molar-refractivity contribution in [2.75, 3.05) is 0 Å². The second-order valence-electron chi connectivity index (χ2n) is 5.02. The number of hydrogen-bond donors (Lipinski definition) is 1. The van der Waals surface area contributed by atoms with Gasteiger partial charge in [0.15, 0.2) is 0 Å². The van der Waals surface area contributed by atoms with Gasteiger partial charge in [-0.05, 0) is 42.8 Å². The Kier molecular flexibility index (Phi) is 4.20. The van der Waals surface area contributed by atoms with E-state index in [1.807, 2.05) is 36.4 Å². The number of furan rings is 1. The quantitative estimate of drug-likeness (QED) is 0.678. The summed E-state index contributed by atoms with van der Waals surface area (Å²) in [5, 5.41) is 5.92. The molecule has 0 radical (unpaired) electrons. The summed E-state index contributed by atoms with van der Waals surface area (Å²) in [5.41, 5.74) is 1.88. The van der Waals surface area contributed by atoms with Crippen LogP contribution in [0.25, 0.3) is 11.0 Å². The molecule has 1 unspecified atom stereocenters. The predicted octanol–water partition coefficient (Wildman–Crippen LogP) is 5.59. The van der Waals surface area contributed by atoms with Crippen LogP contribution in [0.15, 0.2) is 52.9 Å². The molecule has 0 aliphatic carbocycles. The van der Waals surface area contributed by atoms with E-state index in [2.05, 4.69) is 18.3 Å². The molecule has 0 amide bonds. The van der Waals surface area contributed by atoms with Crippen molar-refractivity contribution < 1.29 is 4.42 Å². The van der Waals surface area contributed by atoms with Gasteiger partial charge in [0.25, 0.3) is 0 Å². The van der Waals surface area contributed by atoms with E-state index in [1.165, 1.54) is 0 Å². The van der Waals surface area contributed by atoms with Crippen molar-refractivity contribution in [3.8, 4) is 0 Å². The zero-order valence-corrected chi connectivity index (χ0v) is 13.1. The Hall–Kier alpha value is -1.48. The summed E-state index contributed by atoms with van der Waals surface area (Å²) < 4.78 is 5.85. The molecule has 2 nitrogen and oxygen atoms in total. The van der Waals surface area contributed by atoms with Gasteiger partial charge in [-0.2, -0.15) is 0 Å². The molecule has 3 rings (SSSR count). The molecule has 0 aliphatic heterocycles. The molecule has 0 bridgehead atoms. The van der Waals surface area contributed by atoms with Gasteiger partial charge in [0, 0.05) is 22.0 Å². The van der Waals surface area contributed by atoms with E-state index in [1.54, 1.807) is 6.07 Å². The minimum atomic E-state index is 0.0902. The van der Waals surface area contributed by atoms with Crippen molar-refractivity contribution >= 4 is 34.2 Å². The summed E-state index contributed by atoms with van der Waals surface area (Å²) in [4.78, 5) is 0. The normalized spacial score (nSPS) is 12.7. The van der Waals surface area contributed by atoms with Gasteiger partial charge in [-0.15, -0.1) is 0 Å². The fourth-order valence-electron chi connectivity index (χ4n) is 2.26. The SMILES string of the molecule is CC(NCc1cc(Cl)ccc1Cl)c1cc2ccccc2o1. The van der Waals surface area contributed by atoms with Crippen LogP contribution in [0.1, 0.15) is 24.3 Å². The lowest BCUT2D eigenvalue weighted by molar-refractivity contribution is 0.451. The molecule has 1 aromatic heterocycles. The van der Waals surface area contributed by atoms with Crippen LogP contribution in [0.5, 0.6) is 0 Å². The average Bonchev–Trinajstić information content (AvgIpc) is 2.92. The first-order valence-corrected chi connectivity index (χ1v) is 7.55. The van der Waals surface area contributed by atoms with E-state index >= 15 is 0 Å². The van der Waals surface area contributed by atoms with Crippen LogP contribution in [-0.4, -0.2) is 0 Å². The monoisotopic (exact) mass is 319 g/mol. The van der Waals surface area contributed by atoms with Gasteiger partial charge in [-0.3, -0.25) is 0 Å². The summed E-state index contributed by atoms with van der Waals surface area (Å²) in [6.07, 6.45) is 0. The lowest BCUT2D eigenvalue weighted by atomic mass is 10.2. The van der Waals surface area contributed by atoms with Gasteiger partial charge in [-0.1, -0.05) is 41.4 Å². The molecule has 0 saturated carbocycles. The number of benzene rings is 2. The second-order valence-corrected chi connectivity index (χ2v) is 5.87. The van der Waals surface area contributed by atoms with Crippen molar-refractivity contribution in [3.05, 3.63) is 69.9 Å². The van der Waals surface area contributed by atoms with Crippen molar-refractivity contribution in [1.29, 1.82) is 0 Å². The maximum atomic E-state index is 6.17. The maximum absolute atomic E-state index is 6.17. The summed E-state index contributed by atoms with van der Waals surface area (Å²) in [6, 6.07) is 15.6. The Bertz CT molecular complexity index is 733. The van der Waals surface area contributed by atoms with Crippen LogP contribution in [0.4, 0.5) is 0 Å². The second kappa shape index (κ2) is 6.10. The fourth-order valence-corrected chi connectivity index (χ4v) is 2.64. The first-order chi connectivity index (χ1) is 10.1. The van der Waals surface area contributed by atoms with Crippen LogP contribution in [-0.2, 0) is 6.54 Å².